The summed E-state index contributed by atoms with van der Waals surface area (Å²) in [6.07, 6.45) is 4.09. The molecule has 166 valence electrons. The van der Waals surface area contributed by atoms with E-state index in [9.17, 15) is 14.4 Å². The Labute approximate surface area is 190 Å². The van der Waals surface area contributed by atoms with Crippen LogP contribution in [0.25, 0.3) is 10.9 Å². The second kappa shape index (κ2) is 9.99. The van der Waals surface area contributed by atoms with Gasteiger partial charge >= 0.3 is 5.97 Å². The van der Waals surface area contributed by atoms with Crippen LogP contribution < -0.4 is 10.9 Å². The van der Waals surface area contributed by atoms with Crippen molar-refractivity contribution in [3.05, 3.63) is 64.4 Å². The lowest BCUT2D eigenvalue weighted by Crippen LogP contribution is -2.27. The van der Waals surface area contributed by atoms with Crippen LogP contribution in [0.15, 0.2) is 58.5 Å². The van der Waals surface area contributed by atoms with Gasteiger partial charge in [-0.3, -0.25) is 14.2 Å². The number of carbonyl (C=O) groups excluding carboxylic acids is 2. The van der Waals surface area contributed by atoms with Crippen LogP contribution in [0.3, 0.4) is 0 Å². The Hall–Kier alpha value is -3.13. The molecule has 0 atom stereocenters. The average Bonchev–Trinajstić information content (AvgIpc) is 3.33. The minimum absolute atomic E-state index is 0.0417. The van der Waals surface area contributed by atoms with E-state index in [1.807, 2.05) is 18.2 Å². The minimum Gasteiger partial charge on any atom is -0.462 e. The number of para-hydroxylation sites is 1. The second-order valence-corrected chi connectivity index (χ2v) is 8.60. The predicted octanol–water partition coefficient (Wildman–Crippen LogP) is 4.42. The fourth-order valence-corrected chi connectivity index (χ4v) is 4.81. The van der Waals surface area contributed by atoms with Gasteiger partial charge in [0.2, 0.25) is 5.91 Å². The maximum absolute atomic E-state index is 13.2. The van der Waals surface area contributed by atoms with Crippen molar-refractivity contribution in [1.29, 1.82) is 0 Å². The normalized spacial score (nSPS) is 13.9. The van der Waals surface area contributed by atoms with Crippen molar-refractivity contribution >= 4 is 40.2 Å². The van der Waals surface area contributed by atoms with E-state index in [0.717, 1.165) is 25.7 Å². The summed E-state index contributed by atoms with van der Waals surface area (Å²) >= 11 is 1.27. The highest BCUT2D eigenvalue weighted by molar-refractivity contribution is 7.99. The first-order chi connectivity index (χ1) is 15.6. The van der Waals surface area contributed by atoms with Crippen molar-refractivity contribution in [2.75, 3.05) is 17.7 Å². The van der Waals surface area contributed by atoms with E-state index in [-0.39, 0.29) is 23.3 Å². The molecule has 1 saturated carbocycles. The molecule has 7 nitrogen and oxygen atoms in total. The molecule has 1 fully saturated rings. The molecular weight excluding hydrogens is 426 g/mol. The van der Waals surface area contributed by atoms with Gasteiger partial charge in [0, 0.05) is 11.7 Å². The summed E-state index contributed by atoms with van der Waals surface area (Å²) < 4.78 is 6.74. The summed E-state index contributed by atoms with van der Waals surface area (Å²) in [4.78, 5) is 42.2. The molecule has 3 aromatic rings. The Morgan fingerprint density at radius 3 is 2.56 bits per heavy atom. The number of hydrogen-bond acceptors (Lipinski definition) is 6. The minimum atomic E-state index is -0.395. The Bertz CT molecular complexity index is 1180. The molecule has 1 aliphatic rings. The number of fused-ring (bicyclic) bond motifs is 1. The van der Waals surface area contributed by atoms with Crippen LogP contribution in [0.2, 0.25) is 0 Å². The third-order valence-electron chi connectivity index (χ3n) is 5.48. The monoisotopic (exact) mass is 451 g/mol. The molecule has 0 spiro atoms. The van der Waals surface area contributed by atoms with Gasteiger partial charge < -0.3 is 10.1 Å². The molecule has 0 radical (unpaired) electrons. The smallest absolute Gasteiger partial charge is 0.338 e. The number of nitrogens with one attached hydrogen (secondary N) is 1. The van der Waals surface area contributed by atoms with Crippen LogP contribution in [0.4, 0.5) is 5.69 Å². The number of rotatable bonds is 7. The standard InChI is InChI=1S/C24H25N3O4S/c1-2-31-23(30)16-11-13-17(14-12-16)25-21(28)15-32-24-26-20-10-6-5-9-19(20)22(29)27(24)18-7-3-4-8-18/h5-6,9-14,18H,2-4,7-8,15H2,1H3,(H,25,28). The number of ether oxygens (including phenoxy) is 1. The van der Waals surface area contributed by atoms with Crippen molar-refractivity contribution in [3.63, 3.8) is 0 Å². The molecule has 8 heteroatoms. The number of hydrogen-bond donors (Lipinski definition) is 1. The first-order valence-electron chi connectivity index (χ1n) is 10.8. The quantitative estimate of drug-likeness (QED) is 0.325. The highest BCUT2D eigenvalue weighted by Crippen LogP contribution is 2.32. The molecule has 1 N–H and O–H groups in total. The molecule has 1 aromatic heterocycles. The van der Waals surface area contributed by atoms with Gasteiger partial charge in [0.1, 0.15) is 0 Å². The SMILES string of the molecule is CCOC(=O)c1ccc(NC(=O)CSc2nc3ccccc3c(=O)n2C2CCCC2)cc1. The summed E-state index contributed by atoms with van der Waals surface area (Å²) in [6.45, 7) is 2.06. The van der Waals surface area contributed by atoms with E-state index >= 15 is 0 Å². The van der Waals surface area contributed by atoms with Gasteiger partial charge in [-0.2, -0.15) is 0 Å². The molecule has 0 saturated heterocycles. The van der Waals surface area contributed by atoms with Crippen LogP contribution in [-0.2, 0) is 9.53 Å². The second-order valence-electron chi connectivity index (χ2n) is 7.66. The Kier molecular flexibility index (Phi) is 6.90. The molecule has 2 aromatic carbocycles. The summed E-state index contributed by atoms with van der Waals surface area (Å²) in [7, 11) is 0. The average molecular weight is 452 g/mol. The number of benzene rings is 2. The van der Waals surface area contributed by atoms with Crippen molar-refractivity contribution in [2.45, 2.75) is 43.8 Å². The lowest BCUT2D eigenvalue weighted by Gasteiger charge is -2.18. The molecule has 1 heterocycles. The van der Waals surface area contributed by atoms with Gasteiger partial charge in [-0.15, -0.1) is 0 Å². The molecule has 0 bridgehead atoms. The van der Waals surface area contributed by atoms with E-state index in [1.165, 1.54) is 11.8 Å². The van der Waals surface area contributed by atoms with Gasteiger partial charge in [0.25, 0.3) is 5.56 Å². The van der Waals surface area contributed by atoms with Crippen LogP contribution in [0.5, 0.6) is 0 Å². The first-order valence-corrected chi connectivity index (χ1v) is 11.8. The van der Waals surface area contributed by atoms with Gasteiger partial charge in [0.05, 0.1) is 28.8 Å². The Balaban J connectivity index is 1.49. The lowest BCUT2D eigenvalue weighted by molar-refractivity contribution is -0.113. The largest absolute Gasteiger partial charge is 0.462 e. The molecule has 4 rings (SSSR count). The fourth-order valence-electron chi connectivity index (χ4n) is 3.94. The van der Waals surface area contributed by atoms with Crippen molar-refractivity contribution in [1.82, 2.24) is 9.55 Å². The van der Waals surface area contributed by atoms with Gasteiger partial charge in [-0.25, -0.2) is 9.78 Å². The van der Waals surface area contributed by atoms with Crippen LogP contribution in [0.1, 0.15) is 49.0 Å². The first kappa shape index (κ1) is 22.1. The zero-order chi connectivity index (χ0) is 22.5. The molecule has 0 unspecified atom stereocenters. The third kappa shape index (κ3) is 4.85. The van der Waals surface area contributed by atoms with E-state index in [4.69, 9.17) is 9.72 Å². The number of amides is 1. The van der Waals surface area contributed by atoms with E-state index < -0.39 is 5.97 Å². The summed E-state index contributed by atoms with van der Waals surface area (Å²) in [5, 5.41) is 4.01. The number of anilines is 1. The predicted molar refractivity (Wildman–Crippen MR) is 125 cm³/mol. The van der Waals surface area contributed by atoms with Crippen LogP contribution in [-0.4, -0.2) is 33.8 Å². The molecular formula is C24H25N3O4S. The molecule has 32 heavy (non-hydrogen) atoms. The number of esters is 1. The molecule has 0 aliphatic heterocycles. The summed E-state index contributed by atoms with van der Waals surface area (Å²) in [5.74, 6) is -0.482. The van der Waals surface area contributed by atoms with Crippen molar-refractivity contribution in [3.8, 4) is 0 Å². The number of nitrogens with zero attached hydrogens (tertiary/aromatic N) is 2. The Morgan fingerprint density at radius 2 is 1.84 bits per heavy atom. The highest BCUT2D eigenvalue weighted by Gasteiger charge is 2.23. The van der Waals surface area contributed by atoms with E-state index in [2.05, 4.69) is 5.32 Å². The van der Waals surface area contributed by atoms with Gasteiger partial charge in [-0.05, 0) is 56.2 Å². The molecule has 1 aliphatic carbocycles. The fraction of sp³-hybridized carbons (Fsp3) is 0.333. The lowest BCUT2D eigenvalue weighted by atomic mass is 10.2. The van der Waals surface area contributed by atoms with Crippen molar-refractivity contribution < 1.29 is 14.3 Å². The maximum Gasteiger partial charge on any atom is 0.338 e. The maximum atomic E-state index is 13.2. The zero-order valence-corrected chi connectivity index (χ0v) is 18.7. The van der Waals surface area contributed by atoms with Gasteiger partial charge in [-0.1, -0.05) is 36.7 Å². The summed E-state index contributed by atoms with van der Waals surface area (Å²) in [5.41, 5.74) is 1.62. The Morgan fingerprint density at radius 1 is 1.12 bits per heavy atom. The molecule has 1 amide bonds. The number of thioether (sulfide) groups is 1. The zero-order valence-electron chi connectivity index (χ0n) is 17.9. The van der Waals surface area contributed by atoms with E-state index in [0.29, 0.717) is 33.9 Å². The summed E-state index contributed by atoms with van der Waals surface area (Å²) in [6, 6.07) is 14.0. The van der Waals surface area contributed by atoms with Crippen molar-refractivity contribution in [2.24, 2.45) is 0 Å². The number of aromatic nitrogens is 2. The van der Waals surface area contributed by atoms with Crippen LogP contribution in [0, 0.1) is 0 Å². The topological polar surface area (TPSA) is 90.3 Å². The third-order valence-corrected chi connectivity index (χ3v) is 6.43. The number of carbonyl (C=O) groups is 2. The highest BCUT2D eigenvalue weighted by atomic mass is 32.2. The van der Waals surface area contributed by atoms with Crippen LogP contribution >= 0.6 is 11.8 Å². The van der Waals surface area contributed by atoms with E-state index in [1.54, 1.807) is 41.8 Å². The van der Waals surface area contributed by atoms with Gasteiger partial charge in [0.15, 0.2) is 5.16 Å².